The van der Waals surface area contributed by atoms with Crippen LogP contribution in [0.3, 0.4) is 0 Å². The molecule has 0 saturated heterocycles. The number of anilines is 1. The smallest absolute Gasteiger partial charge is 0.337 e. The number of carboxylic acids is 1. The molecule has 0 aliphatic heterocycles. The molecule has 0 amide bonds. The van der Waals surface area contributed by atoms with Crippen molar-refractivity contribution in [1.29, 1.82) is 0 Å². The highest BCUT2D eigenvalue weighted by Crippen LogP contribution is 2.29. The van der Waals surface area contributed by atoms with Crippen LogP contribution >= 0.6 is 0 Å². The number of nitrogens with one attached hydrogen (secondary N) is 1. The molecule has 0 bridgehead atoms. The second-order valence-corrected chi connectivity index (χ2v) is 3.84. The van der Waals surface area contributed by atoms with E-state index in [0.29, 0.717) is 16.6 Å². The number of hydrogen-bond donors (Lipinski definition) is 3. The van der Waals surface area contributed by atoms with E-state index in [1.807, 2.05) is 6.07 Å². The van der Waals surface area contributed by atoms with E-state index >= 15 is 0 Å². The number of benzene rings is 1. The summed E-state index contributed by atoms with van der Waals surface area (Å²) in [6, 6.07) is 5.36. The minimum absolute atomic E-state index is 0.180. The largest absolute Gasteiger partial charge is 0.478 e. The van der Waals surface area contributed by atoms with Crippen molar-refractivity contribution < 1.29 is 9.90 Å². The lowest BCUT2D eigenvalue weighted by atomic mass is 10.1. The fourth-order valence-electron chi connectivity index (χ4n) is 2.03. The Morgan fingerprint density at radius 2 is 2.12 bits per heavy atom. The summed E-state index contributed by atoms with van der Waals surface area (Å²) in [5, 5.41) is 10.6. The van der Waals surface area contributed by atoms with E-state index < -0.39 is 5.97 Å². The monoisotopic (exact) mass is 227 g/mol. The number of aromatic amines is 1. The second-order valence-electron chi connectivity index (χ2n) is 3.84. The summed E-state index contributed by atoms with van der Waals surface area (Å²) in [5.41, 5.74) is 8.06. The summed E-state index contributed by atoms with van der Waals surface area (Å²) >= 11 is 0. The molecule has 0 unspecified atom stereocenters. The van der Waals surface area contributed by atoms with E-state index in [2.05, 4.69) is 9.97 Å². The van der Waals surface area contributed by atoms with Gasteiger partial charge in [0.1, 0.15) is 0 Å². The van der Waals surface area contributed by atoms with Crippen LogP contribution in [0, 0.1) is 0 Å². The lowest BCUT2D eigenvalue weighted by Crippen LogP contribution is -1.97. The zero-order valence-corrected chi connectivity index (χ0v) is 8.77. The van der Waals surface area contributed by atoms with Crippen LogP contribution in [0.1, 0.15) is 10.4 Å². The number of nitrogen functional groups attached to an aromatic ring is 1. The Kier molecular flexibility index (Phi) is 1.82. The molecule has 0 fully saturated rings. The Labute approximate surface area is 95.9 Å². The van der Waals surface area contributed by atoms with Crippen LogP contribution in [0.2, 0.25) is 0 Å². The molecule has 17 heavy (non-hydrogen) atoms. The van der Waals surface area contributed by atoms with Crippen molar-refractivity contribution in [3.63, 3.8) is 0 Å². The zero-order chi connectivity index (χ0) is 12.0. The minimum atomic E-state index is -0.994. The third-order valence-corrected chi connectivity index (χ3v) is 2.76. The third kappa shape index (κ3) is 1.32. The Bertz CT molecular complexity index is 746. The van der Waals surface area contributed by atoms with Gasteiger partial charge in [0.15, 0.2) is 0 Å². The average Bonchev–Trinajstić information content (AvgIpc) is 2.66. The summed E-state index contributed by atoms with van der Waals surface area (Å²) < 4.78 is 0. The first-order valence-electron chi connectivity index (χ1n) is 5.05. The molecule has 0 saturated carbocycles. The number of aromatic carboxylic acids is 1. The molecule has 0 spiro atoms. The van der Waals surface area contributed by atoms with Crippen molar-refractivity contribution in [2.45, 2.75) is 0 Å². The number of carboxylic acid groups (broad SMARTS) is 1. The van der Waals surface area contributed by atoms with Gasteiger partial charge in [-0.05, 0) is 18.2 Å². The molecular formula is C12H9N3O2. The van der Waals surface area contributed by atoms with Crippen molar-refractivity contribution >= 4 is 33.5 Å². The highest BCUT2D eigenvalue weighted by atomic mass is 16.4. The van der Waals surface area contributed by atoms with Crippen LogP contribution < -0.4 is 5.73 Å². The summed E-state index contributed by atoms with van der Waals surface area (Å²) in [5.74, 6) is -0.994. The van der Waals surface area contributed by atoms with Crippen LogP contribution in [0.25, 0.3) is 21.8 Å². The van der Waals surface area contributed by atoms with Gasteiger partial charge in [0, 0.05) is 28.2 Å². The van der Waals surface area contributed by atoms with Crippen molar-refractivity contribution in [3.8, 4) is 0 Å². The molecule has 3 aromatic rings. The molecule has 3 rings (SSSR count). The standard InChI is InChI=1S/C12H9N3O2/c13-6-1-2-9-7(3-6)11-8(12(16)17)4-14-5-10(11)15-9/h1-5,15H,13H2,(H,16,17). The van der Waals surface area contributed by atoms with Gasteiger partial charge in [-0.1, -0.05) is 0 Å². The van der Waals surface area contributed by atoms with E-state index in [1.54, 1.807) is 18.3 Å². The number of H-pyrrole nitrogens is 1. The lowest BCUT2D eigenvalue weighted by Gasteiger charge is -1.97. The molecule has 0 aliphatic rings. The van der Waals surface area contributed by atoms with E-state index in [0.717, 1.165) is 10.9 Å². The molecule has 5 nitrogen and oxygen atoms in total. The third-order valence-electron chi connectivity index (χ3n) is 2.76. The molecule has 0 radical (unpaired) electrons. The summed E-state index contributed by atoms with van der Waals surface area (Å²) in [6.07, 6.45) is 2.96. The molecule has 0 aliphatic carbocycles. The number of rotatable bonds is 1. The van der Waals surface area contributed by atoms with Crippen LogP contribution in [0.4, 0.5) is 5.69 Å². The predicted molar refractivity (Wildman–Crippen MR) is 65.0 cm³/mol. The molecule has 1 aromatic carbocycles. The highest BCUT2D eigenvalue weighted by molar-refractivity contribution is 6.16. The molecular weight excluding hydrogens is 218 g/mol. The number of hydrogen-bond acceptors (Lipinski definition) is 3. The van der Waals surface area contributed by atoms with E-state index in [9.17, 15) is 4.79 Å². The number of pyridine rings is 1. The lowest BCUT2D eigenvalue weighted by molar-refractivity contribution is 0.0698. The molecule has 0 atom stereocenters. The topological polar surface area (TPSA) is 92.0 Å². The highest BCUT2D eigenvalue weighted by Gasteiger charge is 2.13. The second kappa shape index (κ2) is 3.21. The van der Waals surface area contributed by atoms with E-state index in [1.165, 1.54) is 6.20 Å². The normalized spacial score (nSPS) is 11.1. The van der Waals surface area contributed by atoms with Gasteiger partial charge >= 0.3 is 5.97 Å². The van der Waals surface area contributed by atoms with Crippen molar-refractivity contribution in [3.05, 3.63) is 36.2 Å². The number of fused-ring (bicyclic) bond motifs is 3. The van der Waals surface area contributed by atoms with Gasteiger partial charge in [-0.25, -0.2) is 4.79 Å². The first-order valence-corrected chi connectivity index (χ1v) is 5.05. The SMILES string of the molecule is Nc1ccc2[nH]c3cncc(C(=O)O)c3c2c1. The number of nitrogens with zero attached hydrogens (tertiary/aromatic N) is 1. The van der Waals surface area contributed by atoms with E-state index in [4.69, 9.17) is 10.8 Å². The van der Waals surface area contributed by atoms with Gasteiger partial charge in [-0.15, -0.1) is 0 Å². The summed E-state index contributed by atoms with van der Waals surface area (Å²) in [4.78, 5) is 18.2. The first kappa shape index (κ1) is 9.65. The maximum Gasteiger partial charge on any atom is 0.337 e. The number of carbonyl (C=O) groups is 1. The Morgan fingerprint density at radius 3 is 2.88 bits per heavy atom. The Hall–Kier alpha value is -2.56. The van der Waals surface area contributed by atoms with Gasteiger partial charge in [-0.3, -0.25) is 4.98 Å². The van der Waals surface area contributed by atoms with Gasteiger partial charge in [0.05, 0.1) is 17.3 Å². The fourth-order valence-corrected chi connectivity index (χ4v) is 2.03. The quantitative estimate of drug-likeness (QED) is 0.554. The molecule has 2 heterocycles. The summed E-state index contributed by atoms with van der Waals surface area (Å²) in [6.45, 7) is 0. The fraction of sp³-hybridized carbons (Fsp3) is 0. The van der Waals surface area contributed by atoms with Crippen LogP contribution in [-0.2, 0) is 0 Å². The molecule has 5 heteroatoms. The van der Waals surface area contributed by atoms with Gasteiger partial charge in [0.25, 0.3) is 0 Å². The minimum Gasteiger partial charge on any atom is -0.478 e. The molecule has 2 aromatic heterocycles. The average molecular weight is 227 g/mol. The van der Waals surface area contributed by atoms with Crippen molar-refractivity contribution in [2.75, 3.05) is 5.73 Å². The number of aromatic nitrogens is 2. The summed E-state index contributed by atoms with van der Waals surface area (Å²) in [7, 11) is 0. The van der Waals surface area contributed by atoms with Gasteiger partial charge in [0.2, 0.25) is 0 Å². The van der Waals surface area contributed by atoms with Crippen molar-refractivity contribution in [1.82, 2.24) is 9.97 Å². The predicted octanol–water partition coefficient (Wildman–Crippen LogP) is 2.00. The maximum atomic E-state index is 11.2. The Morgan fingerprint density at radius 1 is 1.29 bits per heavy atom. The van der Waals surface area contributed by atoms with Crippen LogP contribution in [0.5, 0.6) is 0 Å². The molecule has 4 N–H and O–H groups in total. The van der Waals surface area contributed by atoms with Gasteiger partial charge < -0.3 is 15.8 Å². The van der Waals surface area contributed by atoms with E-state index in [-0.39, 0.29) is 5.56 Å². The maximum absolute atomic E-state index is 11.2. The first-order chi connectivity index (χ1) is 8.16. The van der Waals surface area contributed by atoms with Crippen LogP contribution in [-0.4, -0.2) is 21.0 Å². The zero-order valence-electron chi connectivity index (χ0n) is 8.77. The van der Waals surface area contributed by atoms with Crippen molar-refractivity contribution in [2.24, 2.45) is 0 Å². The molecule has 84 valence electrons. The van der Waals surface area contributed by atoms with Gasteiger partial charge in [-0.2, -0.15) is 0 Å². The Balaban J connectivity index is 2.56. The van der Waals surface area contributed by atoms with Crippen LogP contribution in [0.15, 0.2) is 30.6 Å². The number of nitrogens with two attached hydrogens (primary N) is 1.